The fourth-order valence-corrected chi connectivity index (χ4v) is 13.5. The van der Waals surface area contributed by atoms with Gasteiger partial charge in [0, 0.05) is 199 Å². The molecule has 9 aromatic heterocycles. The molecule has 4 N–H and O–H groups in total. The van der Waals surface area contributed by atoms with E-state index in [0.717, 1.165) is 137 Å². The van der Waals surface area contributed by atoms with Crippen molar-refractivity contribution in [2.24, 2.45) is 0 Å². The predicted molar refractivity (Wildman–Crippen MR) is 421 cm³/mol. The quantitative estimate of drug-likeness (QED) is 0.0782. The first-order valence-electron chi connectivity index (χ1n) is 35.8. The molecule has 4 fully saturated rings. The van der Waals surface area contributed by atoms with Crippen LogP contribution in [0.3, 0.4) is 0 Å². The van der Waals surface area contributed by atoms with Crippen molar-refractivity contribution in [3.05, 3.63) is 212 Å². The highest BCUT2D eigenvalue weighted by molar-refractivity contribution is 5.73. The summed E-state index contributed by atoms with van der Waals surface area (Å²) in [5.41, 5.74) is 11.6. The molecule has 12 aromatic rings. The lowest BCUT2D eigenvalue weighted by Crippen LogP contribution is -2.49. The maximum absolute atomic E-state index is 12.8. The minimum atomic E-state index is -0.122. The lowest BCUT2D eigenvalue weighted by molar-refractivity contribution is 0.355. The van der Waals surface area contributed by atoms with Gasteiger partial charge in [-0.25, -0.2) is 24.9 Å². The normalized spacial score (nSPS) is 15.8. The van der Waals surface area contributed by atoms with Crippen LogP contribution in [0.2, 0.25) is 0 Å². The Morgan fingerprint density at radius 2 is 0.713 bits per heavy atom. The van der Waals surface area contributed by atoms with Crippen LogP contribution < -0.4 is 96.3 Å². The van der Waals surface area contributed by atoms with Crippen molar-refractivity contribution in [2.75, 3.05) is 161 Å². The molecule has 4 aliphatic heterocycles. The first kappa shape index (κ1) is 74.2. The number of nitrogens with zero attached hydrogens (tertiary/aromatic N) is 13. The van der Waals surface area contributed by atoms with Gasteiger partial charge in [0.1, 0.15) is 45.6 Å². The van der Waals surface area contributed by atoms with E-state index in [1.54, 1.807) is 110 Å². The summed E-state index contributed by atoms with van der Waals surface area (Å²) >= 11 is 0. The van der Waals surface area contributed by atoms with Crippen molar-refractivity contribution >= 4 is 45.3 Å². The zero-order valence-corrected chi connectivity index (χ0v) is 62.0. The Hall–Kier alpha value is -12.1. The molecule has 0 saturated carbocycles. The highest BCUT2D eigenvalue weighted by Crippen LogP contribution is 2.35. The molecule has 16 rings (SSSR count). The minimum absolute atomic E-state index is 0.104. The molecule has 0 aliphatic carbocycles. The molecule has 3 aromatic carbocycles. The number of fused-ring (bicyclic) bond motifs is 4. The Bertz CT molecular complexity index is 5430. The average Bonchev–Trinajstić information content (AvgIpc) is 0.798. The summed E-state index contributed by atoms with van der Waals surface area (Å²) < 4.78 is 43.5. The third-order valence-electron chi connectivity index (χ3n) is 19.3. The van der Waals surface area contributed by atoms with Crippen LogP contribution >= 0.6 is 0 Å². The number of ether oxygens (including phenoxy) is 7. The van der Waals surface area contributed by atoms with Crippen LogP contribution in [0.5, 0.6) is 40.4 Å². The fourth-order valence-electron chi connectivity index (χ4n) is 13.5. The number of hydrogen-bond acceptors (Lipinski definition) is 24. The molecule has 13 heterocycles. The number of rotatable bonds is 15. The zero-order valence-electron chi connectivity index (χ0n) is 62.0. The van der Waals surface area contributed by atoms with Gasteiger partial charge in [0.25, 0.3) is 22.2 Å². The van der Waals surface area contributed by atoms with Gasteiger partial charge in [-0.15, -0.1) is 0 Å². The van der Waals surface area contributed by atoms with Crippen LogP contribution in [0.25, 0.3) is 67.6 Å². The number of aromatic nitrogens is 9. The summed E-state index contributed by atoms with van der Waals surface area (Å²) in [5.74, 6) is 4.37. The van der Waals surface area contributed by atoms with Gasteiger partial charge in [0.15, 0.2) is 11.5 Å². The van der Waals surface area contributed by atoms with Crippen molar-refractivity contribution < 1.29 is 33.2 Å². The smallest absolute Gasteiger partial charge is 0.258 e. The van der Waals surface area contributed by atoms with E-state index in [4.69, 9.17) is 33.2 Å². The molecular formula is C80H89N17O11. The van der Waals surface area contributed by atoms with Crippen LogP contribution in [0.15, 0.2) is 190 Å². The second kappa shape index (κ2) is 34.0. The Kier molecular flexibility index (Phi) is 23.3. The summed E-state index contributed by atoms with van der Waals surface area (Å²) in [5, 5.41) is 13.5. The maximum atomic E-state index is 12.8. The lowest BCUT2D eigenvalue weighted by Gasteiger charge is -2.33. The molecule has 0 unspecified atom stereocenters. The largest absolute Gasteiger partial charge is 0.497 e. The van der Waals surface area contributed by atoms with Gasteiger partial charge in [-0.1, -0.05) is 0 Å². The van der Waals surface area contributed by atoms with E-state index in [2.05, 4.69) is 79.6 Å². The molecule has 560 valence electrons. The molecule has 4 saturated heterocycles. The Balaban J connectivity index is 0.000000127. The van der Waals surface area contributed by atoms with E-state index in [-0.39, 0.29) is 22.2 Å². The average molecular weight is 1460 g/mol. The van der Waals surface area contributed by atoms with Crippen molar-refractivity contribution in [1.82, 2.24) is 63.8 Å². The minimum Gasteiger partial charge on any atom is -0.497 e. The third kappa shape index (κ3) is 16.9. The van der Waals surface area contributed by atoms with Gasteiger partial charge in [-0.3, -0.25) is 36.8 Å². The van der Waals surface area contributed by atoms with Gasteiger partial charge in [0.05, 0.1) is 95.3 Å². The number of anilines is 4. The predicted octanol–water partition coefficient (Wildman–Crippen LogP) is 7.32. The van der Waals surface area contributed by atoms with E-state index in [9.17, 15) is 19.2 Å². The summed E-state index contributed by atoms with van der Waals surface area (Å²) in [6, 6.07) is 42.7. The molecule has 28 nitrogen and oxygen atoms in total. The molecule has 0 bridgehead atoms. The lowest BCUT2D eigenvalue weighted by atomic mass is 10.1. The van der Waals surface area contributed by atoms with Gasteiger partial charge in [0.2, 0.25) is 5.88 Å². The summed E-state index contributed by atoms with van der Waals surface area (Å²) in [6.07, 6.45) is 9.14. The highest BCUT2D eigenvalue weighted by Gasteiger charge is 2.22. The second-order valence-corrected chi connectivity index (χ2v) is 26.2. The van der Waals surface area contributed by atoms with Crippen LogP contribution in [0.1, 0.15) is 13.8 Å². The van der Waals surface area contributed by atoms with Gasteiger partial charge in [-0.05, 0) is 111 Å². The van der Waals surface area contributed by atoms with E-state index in [1.807, 2.05) is 122 Å². The molecule has 28 heteroatoms. The summed E-state index contributed by atoms with van der Waals surface area (Å²) in [7, 11) is 11.1. The van der Waals surface area contributed by atoms with Crippen molar-refractivity contribution in [3.63, 3.8) is 0 Å². The van der Waals surface area contributed by atoms with E-state index in [0.29, 0.717) is 97.8 Å². The zero-order chi connectivity index (χ0) is 75.4. The number of benzene rings is 3. The third-order valence-corrected chi connectivity index (χ3v) is 19.3. The molecular weight excluding hydrogens is 1370 g/mol. The van der Waals surface area contributed by atoms with Crippen LogP contribution in [0.4, 0.5) is 22.7 Å². The van der Waals surface area contributed by atoms with Crippen molar-refractivity contribution in [1.29, 1.82) is 0 Å². The molecule has 2 atom stereocenters. The number of pyridine rings is 5. The van der Waals surface area contributed by atoms with E-state index in [1.165, 1.54) is 6.07 Å². The topological polar surface area (TPSA) is 276 Å². The molecule has 0 amide bonds. The molecule has 4 aliphatic rings. The Morgan fingerprint density at radius 1 is 0.343 bits per heavy atom. The van der Waals surface area contributed by atoms with Crippen LogP contribution in [-0.2, 0) is 0 Å². The summed E-state index contributed by atoms with van der Waals surface area (Å²) in [4.78, 5) is 82.8. The number of piperazine rings is 4. The first-order valence-corrected chi connectivity index (χ1v) is 35.8. The van der Waals surface area contributed by atoms with Gasteiger partial charge >= 0.3 is 0 Å². The Morgan fingerprint density at radius 3 is 1.08 bits per heavy atom. The van der Waals surface area contributed by atoms with E-state index >= 15 is 0 Å². The monoisotopic (exact) mass is 1460 g/mol. The van der Waals surface area contributed by atoms with Crippen LogP contribution in [-0.4, -0.2) is 196 Å². The molecule has 0 spiro atoms. The SMILES string of the molecule is COc1ccc(-c2cc(=O)n3cc(N4CCNCC4)ccc3n2)c(OC)c1.COc1ccc(-c2cc(=O)n3cc(N4CCNCC4)ccc3n2)cn1.COc1ccc(-c2cc(=O)n3cc(N4CCN[C@@H](C)C4)ccc3n2)c(OC)c1.COc1ccc(-c2cc(=O)n3cc(N4CCN[C@@H](C)C4)ccc3n2)cc1OC. The first-order chi connectivity index (χ1) is 52.6. The summed E-state index contributed by atoms with van der Waals surface area (Å²) in [6.45, 7) is 17.4. The van der Waals surface area contributed by atoms with E-state index < -0.39 is 0 Å². The Labute approximate surface area is 623 Å². The molecule has 0 radical (unpaired) electrons. The highest BCUT2D eigenvalue weighted by atomic mass is 16.5. The maximum Gasteiger partial charge on any atom is 0.258 e. The van der Waals surface area contributed by atoms with Crippen molar-refractivity contribution in [2.45, 2.75) is 25.9 Å². The molecule has 108 heavy (non-hydrogen) atoms. The number of methoxy groups -OCH3 is 7. The second-order valence-electron chi connectivity index (χ2n) is 26.2. The van der Waals surface area contributed by atoms with Crippen molar-refractivity contribution in [3.8, 4) is 85.4 Å². The van der Waals surface area contributed by atoms with Gasteiger partial charge in [-0.2, -0.15) is 0 Å². The van der Waals surface area contributed by atoms with Crippen LogP contribution in [0, 0.1) is 0 Å². The standard InChI is InChI=1S/2C21H24N4O3.C20H22N4O3.C18H19N5O2/c1-14-12-24(9-8-22-14)15-4-7-20-23-18(11-21(26)25(20)13-15)17-6-5-16(27-2)10-19(17)28-3;1-14-12-24(9-8-22-14)16-5-7-20-23-17(11-21(26)25(20)13-16)15-4-6-18(27-2)19(10-15)28-3;1-26-15-4-5-16(18(11-15)27-2)17-12-20(25)24-13-14(3-6-19(24)22-17)23-9-7-21-8-10-23;1-25-17-5-2-13(11-20-17)15-10-18(24)23-12-14(3-4-16(23)21-15)22-8-6-19-7-9-22/h2*4-7,10-11,13-14,22H,8-9,12H2,1-3H3;3-6,11-13,21H,7-10H2,1-2H3;2-5,10-12,19H,6-9H2,1H3/t2*14-;;/m00../s1. The number of nitrogens with one attached hydrogen (secondary N) is 4. The van der Waals surface area contributed by atoms with Gasteiger partial charge < -0.3 is 74.0 Å². The fraction of sp³-hybridized carbons (Fsp3) is 0.312. The number of hydrogen-bond donors (Lipinski definition) is 4.